The number of rotatable bonds is 7. The van der Waals surface area contributed by atoms with Crippen LogP contribution in [0.1, 0.15) is 17.5 Å². The van der Waals surface area contributed by atoms with Crippen molar-refractivity contribution in [1.82, 2.24) is 10.2 Å². The number of benzene rings is 1. The van der Waals surface area contributed by atoms with E-state index in [-0.39, 0.29) is 12.3 Å². The molecule has 0 radical (unpaired) electrons. The highest BCUT2D eigenvalue weighted by atomic mass is 16.4. The maximum absolute atomic E-state index is 11.4. The molecule has 0 unspecified atom stereocenters. The number of nitrogens with zero attached hydrogens (tertiary/aromatic N) is 1. The fourth-order valence-electron chi connectivity index (χ4n) is 1.71. The number of aliphatic carboxylic acids is 1. The lowest BCUT2D eigenvalue weighted by atomic mass is 10.0. The van der Waals surface area contributed by atoms with E-state index in [1.807, 2.05) is 24.3 Å². The lowest BCUT2D eigenvalue weighted by molar-refractivity contribution is -0.136. The molecular weight excluding hydrogens is 244 g/mol. The minimum atomic E-state index is -0.838. The van der Waals surface area contributed by atoms with E-state index in [0.29, 0.717) is 19.5 Å². The van der Waals surface area contributed by atoms with Crippen LogP contribution in [-0.2, 0) is 22.6 Å². The molecule has 0 fully saturated rings. The van der Waals surface area contributed by atoms with Crippen molar-refractivity contribution in [3.05, 3.63) is 35.4 Å². The average molecular weight is 264 g/mol. The van der Waals surface area contributed by atoms with Gasteiger partial charge in [-0.05, 0) is 11.1 Å². The van der Waals surface area contributed by atoms with Gasteiger partial charge < -0.3 is 15.3 Å². The Hall–Kier alpha value is -1.88. The van der Waals surface area contributed by atoms with Crippen LogP contribution in [0, 0.1) is 0 Å². The van der Waals surface area contributed by atoms with Gasteiger partial charge in [-0.2, -0.15) is 0 Å². The highest BCUT2D eigenvalue weighted by Gasteiger charge is 2.06. The first-order valence-electron chi connectivity index (χ1n) is 6.20. The van der Waals surface area contributed by atoms with Gasteiger partial charge in [0, 0.05) is 33.6 Å². The van der Waals surface area contributed by atoms with E-state index in [1.165, 1.54) is 0 Å². The van der Waals surface area contributed by atoms with E-state index in [0.717, 1.165) is 11.1 Å². The predicted octanol–water partition coefficient (Wildman–Crippen LogP) is 0.882. The van der Waals surface area contributed by atoms with Crippen molar-refractivity contribution in [3.8, 4) is 0 Å². The molecule has 0 bridgehead atoms. The van der Waals surface area contributed by atoms with Crippen molar-refractivity contribution < 1.29 is 14.7 Å². The SMILES string of the molecule is CN(C)C(=O)CCNCc1ccccc1CC(=O)O. The Bertz CT molecular complexity index is 444. The third-order valence-electron chi connectivity index (χ3n) is 2.79. The predicted molar refractivity (Wildman–Crippen MR) is 72.8 cm³/mol. The Balaban J connectivity index is 2.45. The summed E-state index contributed by atoms with van der Waals surface area (Å²) in [5.74, 6) is -0.762. The molecule has 104 valence electrons. The summed E-state index contributed by atoms with van der Waals surface area (Å²) >= 11 is 0. The van der Waals surface area contributed by atoms with Crippen molar-refractivity contribution in [2.24, 2.45) is 0 Å². The first kappa shape index (κ1) is 15.2. The molecule has 1 rings (SSSR count). The number of nitrogens with one attached hydrogen (secondary N) is 1. The van der Waals surface area contributed by atoms with Gasteiger partial charge >= 0.3 is 5.97 Å². The Morgan fingerprint density at radius 3 is 2.42 bits per heavy atom. The molecule has 0 saturated heterocycles. The summed E-state index contributed by atoms with van der Waals surface area (Å²) in [5.41, 5.74) is 1.77. The third-order valence-corrected chi connectivity index (χ3v) is 2.79. The summed E-state index contributed by atoms with van der Waals surface area (Å²) in [5, 5.41) is 12.0. The molecule has 0 aliphatic carbocycles. The first-order valence-corrected chi connectivity index (χ1v) is 6.20. The zero-order chi connectivity index (χ0) is 14.3. The van der Waals surface area contributed by atoms with E-state index in [1.54, 1.807) is 19.0 Å². The van der Waals surface area contributed by atoms with E-state index in [9.17, 15) is 9.59 Å². The normalized spacial score (nSPS) is 10.2. The van der Waals surface area contributed by atoms with Gasteiger partial charge in [-0.3, -0.25) is 9.59 Å². The van der Waals surface area contributed by atoms with Gasteiger partial charge in [0.05, 0.1) is 6.42 Å². The van der Waals surface area contributed by atoms with Crippen molar-refractivity contribution in [2.75, 3.05) is 20.6 Å². The number of carboxylic acids is 1. The molecule has 0 atom stereocenters. The third kappa shape index (κ3) is 5.52. The van der Waals surface area contributed by atoms with Crippen LogP contribution >= 0.6 is 0 Å². The number of hydrogen-bond acceptors (Lipinski definition) is 3. The molecule has 19 heavy (non-hydrogen) atoms. The topological polar surface area (TPSA) is 69.6 Å². The Kier molecular flexibility index (Phi) is 6.02. The van der Waals surface area contributed by atoms with Crippen LogP contribution < -0.4 is 5.32 Å². The number of carbonyl (C=O) groups is 2. The Morgan fingerprint density at radius 2 is 1.84 bits per heavy atom. The second-order valence-corrected chi connectivity index (χ2v) is 4.55. The molecule has 0 heterocycles. The monoisotopic (exact) mass is 264 g/mol. The maximum Gasteiger partial charge on any atom is 0.307 e. The van der Waals surface area contributed by atoms with Crippen LogP contribution in [0.2, 0.25) is 0 Å². The standard InChI is InChI=1S/C14H20N2O3/c1-16(2)13(17)7-8-15-10-12-6-4-3-5-11(12)9-14(18)19/h3-6,15H,7-10H2,1-2H3,(H,18,19). The van der Waals surface area contributed by atoms with Crippen molar-refractivity contribution in [3.63, 3.8) is 0 Å². The molecule has 5 heteroatoms. The lowest BCUT2D eigenvalue weighted by Gasteiger charge is -2.11. The van der Waals surface area contributed by atoms with E-state index in [4.69, 9.17) is 5.11 Å². The zero-order valence-electron chi connectivity index (χ0n) is 11.3. The lowest BCUT2D eigenvalue weighted by Crippen LogP contribution is -2.26. The molecule has 1 aromatic rings. The molecule has 0 spiro atoms. The summed E-state index contributed by atoms with van der Waals surface area (Å²) in [7, 11) is 3.45. The van der Waals surface area contributed by atoms with Crippen LogP contribution in [0.15, 0.2) is 24.3 Å². The smallest absolute Gasteiger partial charge is 0.307 e. The molecule has 5 nitrogen and oxygen atoms in total. The van der Waals surface area contributed by atoms with Gasteiger partial charge in [0.15, 0.2) is 0 Å². The number of hydrogen-bond donors (Lipinski definition) is 2. The Labute approximate surface area is 113 Å². The van der Waals surface area contributed by atoms with Gasteiger partial charge in [0.2, 0.25) is 5.91 Å². The number of amides is 1. The van der Waals surface area contributed by atoms with E-state index in [2.05, 4.69) is 5.32 Å². The minimum Gasteiger partial charge on any atom is -0.481 e. The highest BCUT2D eigenvalue weighted by Crippen LogP contribution is 2.09. The van der Waals surface area contributed by atoms with Crippen LogP contribution in [-0.4, -0.2) is 42.5 Å². The summed E-state index contributed by atoms with van der Waals surface area (Å²) in [4.78, 5) is 23.7. The summed E-state index contributed by atoms with van der Waals surface area (Å²) in [6.45, 7) is 1.16. The second kappa shape index (κ2) is 7.53. The molecule has 2 N–H and O–H groups in total. The van der Waals surface area contributed by atoms with Crippen LogP contribution in [0.25, 0.3) is 0 Å². The fraction of sp³-hybridized carbons (Fsp3) is 0.429. The summed E-state index contributed by atoms with van der Waals surface area (Å²) in [6.07, 6.45) is 0.461. The van der Waals surface area contributed by atoms with Gasteiger partial charge in [0.1, 0.15) is 0 Å². The fourth-order valence-corrected chi connectivity index (χ4v) is 1.71. The van der Waals surface area contributed by atoms with E-state index < -0.39 is 5.97 Å². The Morgan fingerprint density at radius 1 is 1.21 bits per heavy atom. The quantitative estimate of drug-likeness (QED) is 0.717. The molecular formula is C14H20N2O3. The number of carboxylic acid groups (broad SMARTS) is 1. The summed E-state index contributed by atoms with van der Waals surface area (Å²) < 4.78 is 0. The van der Waals surface area contributed by atoms with E-state index >= 15 is 0 Å². The van der Waals surface area contributed by atoms with Crippen molar-refractivity contribution in [2.45, 2.75) is 19.4 Å². The van der Waals surface area contributed by atoms with Gasteiger partial charge in [-0.15, -0.1) is 0 Å². The van der Waals surface area contributed by atoms with Crippen molar-refractivity contribution >= 4 is 11.9 Å². The maximum atomic E-state index is 11.4. The average Bonchev–Trinajstić information content (AvgIpc) is 2.35. The zero-order valence-corrected chi connectivity index (χ0v) is 11.3. The molecule has 1 amide bonds. The molecule has 0 aliphatic rings. The van der Waals surface area contributed by atoms with Crippen LogP contribution in [0.3, 0.4) is 0 Å². The molecule has 0 aliphatic heterocycles. The highest BCUT2D eigenvalue weighted by molar-refractivity contribution is 5.75. The first-order chi connectivity index (χ1) is 9.00. The molecule has 1 aromatic carbocycles. The minimum absolute atomic E-state index is 0.0223. The van der Waals surface area contributed by atoms with Gasteiger partial charge in [-0.25, -0.2) is 0 Å². The molecule has 0 saturated carbocycles. The second-order valence-electron chi connectivity index (χ2n) is 4.55. The number of carbonyl (C=O) groups excluding carboxylic acids is 1. The largest absolute Gasteiger partial charge is 0.481 e. The van der Waals surface area contributed by atoms with Crippen LogP contribution in [0.5, 0.6) is 0 Å². The van der Waals surface area contributed by atoms with Gasteiger partial charge in [0.25, 0.3) is 0 Å². The van der Waals surface area contributed by atoms with Crippen LogP contribution in [0.4, 0.5) is 0 Å². The van der Waals surface area contributed by atoms with Crippen molar-refractivity contribution in [1.29, 1.82) is 0 Å². The van der Waals surface area contributed by atoms with Gasteiger partial charge in [-0.1, -0.05) is 24.3 Å². The summed E-state index contributed by atoms with van der Waals surface area (Å²) in [6, 6.07) is 7.43. The molecule has 0 aromatic heterocycles.